The molecule has 1 fully saturated rings. The number of benzene rings is 3. The average Bonchev–Trinajstić information content (AvgIpc) is 3.34. The Morgan fingerprint density at radius 2 is 1.60 bits per heavy atom. The molecule has 3 aromatic carbocycles. The number of methoxy groups -OCH3 is 1. The molecule has 47 heavy (non-hydrogen) atoms. The molecule has 0 spiro atoms. The number of ether oxygens (including phenoxy) is 2. The Labute approximate surface area is 288 Å². The first-order valence-corrected chi connectivity index (χ1v) is 18.6. The van der Waals surface area contributed by atoms with E-state index in [9.17, 15) is 13.2 Å². The van der Waals surface area contributed by atoms with Crippen LogP contribution in [-0.2, 0) is 15.4 Å². The van der Waals surface area contributed by atoms with E-state index < -0.39 is 21.4 Å². The minimum Gasteiger partial charge on any atom is -0.497 e. The SMILES string of the molecule is COc1ccc(C2=N[C@@](C)(c3ccc(Cl)cc3)[C@H](c3ccc(Cl)cc3)N2C(=O)N2CCN(CCCS(C)(=O)=O)CC2)c(OC(C)C)c1. The molecule has 2 heterocycles. The summed E-state index contributed by atoms with van der Waals surface area (Å²) in [5, 5.41) is 1.20. The predicted molar refractivity (Wildman–Crippen MR) is 188 cm³/mol. The number of amidine groups is 1. The molecule has 0 saturated carbocycles. The van der Waals surface area contributed by atoms with Crippen molar-refractivity contribution in [2.75, 3.05) is 51.8 Å². The summed E-state index contributed by atoms with van der Waals surface area (Å²) in [6, 6.07) is 20.0. The molecule has 2 atom stereocenters. The third-order valence-corrected chi connectivity index (χ3v) is 10.1. The predicted octanol–water partition coefficient (Wildman–Crippen LogP) is 6.68. The first kappa shape index (κ1) is 35.0. The Hall–Kier alpha value is -3.31. The van der Waals surface area contributed by atoms with Gasteiger partial charge in [0.15, 0.2) is 0 Å². The molecule has 0 unspecified atom stereocenters. The van der Waals surface area contributed by atoms with Crippen LogP contribution in [0.5, 0.6) is 11.5 Å². The minimum absolute atomic E-state index is 0.141. The van der Waals surface area contributed by atoms with Crippen LogP contribution in [0.25, 0.3) is 0 Å². The standard InChI is InChI=1S/C35H42Cl2N4O5S/c1-24(2)46-31-23-29(45-4)15-16-30(31)33-38-35(3,26-9-13-28(37)14-10-26)32(25-7-11-27(36)12-8-25)41(33)34(42)40-20-18-39(19-21-40)17-6-22-47(5,43)44/h7-16,23-24,32H,6,17-22H2,1-5H3/t32-,35-/m0/s1. The van der Waals surface area contributed by atoms with Crippen molar-refractivity contribution in [2.45, 2.75) is 44.9 Å². The number of sulfone groups is 1. The highest BCUT2D eigenvalue weighted by molar-refractivity contribution is 7.90. The van der Waals surface area contributed by atoms with E-state index in [0.29, 0.717) is 72.1 Å². The number of urea groups is 1. The van der Waals surface area contributed by atoms with Gasteiger partial charge in [-0.15, -0.1) is 0 Å². The molecule has 0 aromatic heterocycles. The maximum atomic E-state index is 14.9. The molecule has 0 N–H and O–H groups in total. The van der Waals surface area contributed by atoms with Crippen molar-refractivity contribution < 1.29 is 22.7 Å². The summed E-state index contributed by atoms with van der Waals surface area (Å²) in [6.07, 6.45) is 1.68. The van der Waals surface area contributed by atoms with Crippen molar-refractivity contribution in [1.82, 2.24) is 14.7 Å². The summed E-state index contributed by atoms with van der Waals surface area (Å²) >= 11 is 12.7. The molecule has 9 nitrogen and oxygen atoms in total. The summed E-state index contributed by atoms with van der Waals surface area (Å²) in [7, 11) is -1.42. The number of carbonyl (C=O) groups is 1. The second-order valence-corrected chi connectivity index (χ2v) is 15.7. The van der Waals surface area contributed by atoms with Gasteiger partial charge in [-0.25, -0.2) is 13.2 Å². The zero-order valence-electron chi connectivity index (χ0n) is 27.4. The van der Waals surface area contributed by atoms with E-state index in [2.05, 4.69) is 4.90 Å². The molecule has 5 rings (SSSR count). The molecule has 2 aliphatic rings. The zero-order valence-corrected chi connectivity index (χ0v) is 29.8. The third kappa shape index (κ3) is 8.05. The molecule has 2 amide bonds. The summed E-state index contributed by atoms with van der Waals surface area (Å²) < 4.78 is 35.1. The number of nitrogens with zero attached hydrogens (tertiary/aromatic N) is 4. The quantitative estimate of drug-likeness (QED) is 0.234. The van der Waals surface area contributed by atoms with Crippen LogP contribution in [0.1, 0.15) is 49.9 Å². The smallest absolute Gasteiger partial charge is 0.326 e. The van der Waals surface area contributed by atoms with Gasteiger partial charge in [-0.3, -0.25) is 14.8 Å². The number of halogens is 2. The Bertz CT molecular complexity index is 1710. The van der Waals surface area contributed by atoms with Gasteiger partial charge >= 0.3 is 6.03 Å². The molecule has 3 aromatic rings. The number of aliphatic imine (C=N–C) groups is 1. The number of carbonyl (C=O) groups excluding carboxylic acids is 1. The highest BCUT2D eigenvalue weighted by Gasteiger charge is 2.51. The van der Waals surface area contributed by atoms with Gasteiger partial charge in [0.2, 0.25) is 0 Å². The van der Waals surface area contributed by atoms with Crippen LogP contribution in [0, 0.1) is 0 Å². The normalized spacial score (nSPS) is 20.4. The fourth-order valence-electron chi connectivity index (χ4n) is 6.26. The molecule has 0 bridgehead atoms. The molecule has 0 radical (unpaired) electrons. The average molecular weight is 702 g/mol. The van der Waals surface area contributed by atoms with Crippen LogP contribution in [-0.4, -0.2) is 92.9 Å². The first-order chi connectivity index (χ1) is 22.3. The number of amides is 2. The lowest BCUT2D eigenvalue weighted by atomic mass is 9.81. The molecule has 0 aliphatic carbocycles. The monoisotopic (exact) mass is 700 g/mol. The maximum absolute atomic E-state index is 14.9. The van der Waals surface area contributed by atoms with Gasteiger partial charge in [0.05, 0.1) is 30.6 Å². The highest BCUT2D eigenvalue weighted by Crippen LogP contribution is 2.50. The van der Waals surface area contributed by atoms with E-state index >= 15 is 0 Å². The lowest BCUT2D eigenvalue weighted by Gasteiger charge is -2.40. The number of hydrogen-bond donors (Lipinski definition) is 0. The Kier molecular flexibility index (Phi) is 10.8. The fraction of sp³-hybridized carbons (Fsp3) is 0.429. The van der Waals surface area contributed by atoms with Crippen molar-refractivity contribution in [3.05, 3.63) is 93.5 Å². The second kappa shape index (κ2) is 14.4. The van der Waals surface area contributed by atoms with Crippen molar-refractivity contribution in [2.24, 2.45) is 4.99 Å². The van der Waals surface area contributed by atoms with E-state index in [1.54, 1.807) is 12.0 Å². The van der Waals surface area contributed by atoms with E-state index in [0.717, 1.165) is 11.1 Å². The molecular formula is C35H42Cl2N4O5S. The summed E-state index contributed by atoms with van der Waals surface area (Å²) in [6.45, 7) is 8.86. The van der Waals surface area contributed by atoms with Crippen LogP contribution in [0.4, 0.5) is 4.79 Å². The first-order valence-electron chi connectivity index (χ1n) is 15.7. The van der Waals surface area contributed by atoms with Crippen LogP contribution in [0.15, 0.2) is 71.7 Å². The van der Waals surface area contributed by atoms with Gasteiger partial charge in [0.1, 0.15) is 32.7 Å². The molecular weight excluding hydrogens is 659 g/mol. The van der Waals surface area contributed by atoms with Crippen molar-refractivity contribution >= 4 is 44.9 Å². The maximum Gasteiger partial charge on any atom is 0.326 e. The van der Waals surface area contributed by atoms with E-state index in [-0.39, 0.29) is 17.9 Å². The van der Waals surface area contributed by atoms with Gasteiger partial charge < -0.3 is 14.4 Å². The highest BCUT2D eigenvalue weighted by atomic mass is 35.5. The minimum atomic E-state index is -3.02. The van der Waals surface area contributed by atoms with E-state index in [1.165, 1.54) is 6.26 Å². The van der Waals surface area contributed by atoms with Crippen molar-refractivity contribution in [1.29, 1.82) is 0 Å². The summed E-state index contributed by atoms with van der Waals surface area (Å²) in [5.41, 5.74) is 1.53. The van der Waals surface area contributed by atoms with Crippen molar-refractivity contribution in [3.63, 3.8) is 0 Å². The molecule has 2 aliphatic heterocycles. The van der Waals surface area contributed by atoms with Gasteiger partial charge in [-0.05, 0) is 81.3 Å². The lowest BCUT2D eigenvalue weighted by Crippen LogP contribution is -2.55. The molecule has 252 valence electrons. The zero-order chi connectivity index (χ0) is 33.9. The number of hydrogen-bond acceptors (Lipinski definition) is 7. The van der Waals surface area contributed by atoms with Crippen LogP contribution in [0.2, 0.25) is 10.0 Å². The third-order valence-electron chi connectivity index (χ3n) is 8.60. The fourth-order valence-corrected chi connectivity index (χ4v) is 7.16. The number of piperazine rings is 1. The van der Waals surface area contributed by atoms with Gasteiger partial charge in [0.25, 0.3) is 0 Å². The Morgan fingerprint density at radius 1 is 0.979 bits per heavy atom. The number of rotatable bonds is 10. The van der Waals surface area contributed by atoms with Crippen LogP contribution >= 0.6 is 23.2 Å². The van der Waals surface area contributed by atoms with E-state index in [1.807, 2.05) is 92.4 Å². The Balaban J connectivity index is 1.59. The topological polar surface area (TPSA) is 91.8 Å². The van der Waals surface area contributed by atoms with Gasteiger partial charge in [-0.1, -0.05) is 47.5 Å². The lowest BCUT2D eigenvalue weighted by molar-refractivity contribution is 0.115. The summed E-state index contributed by atoms with van der Waals surface area (Å²) in [5.74, 6) is 1.82. The largest absolute Gasteiger partial charge is 0.497 e. The summed E-state index contributed by atoms with van der Waals surface area (Å²) in [4.78, 5) is 26.1. The van der Waals surface area contributed by atoms with E-state index in [4.69, 9.17) is 37.7 Å². The van der Waals surface area contributed by atoms with Gasteiger partial charge in [0, 0.05) is 48.5 Å². The molecule has 12 heteroatoms. The van der Waals surface area contributed by atoms with Crippen molar-refractivity contribution in [3.8, 4) is 11.5 Å². The second-order valence-electron chi connectivity index (χ2n) is 12.5. The van der Waals surface area contributed by atoms with Crippen LogP contribution < -0.4 is 9.47 Å². The van der Waals surface area contributed by atoms with Crippen LogP contribution in [0.3, 0.4) is 0 Å². The Morgan fingerprint density at radius 3 is 2.17 bits per heavy atom. The van der Waals surface area contributed by atoms with Gasteiger partial charge in [-0.2, -0.15) is 0 Å². The molecule has 1 saturated heterocycles.